The molecular weight excluding hydrogens is 525 g/mol. The first kappa shape index (κ1) is 22.3. The maximum Gasteiger partial charge on any atom is 0.267 e. The van der Waals surface area contributed by atoms with E-state index >= 15 is 0 Å². The summed E-state index contributed by atoms with van der Waals surface area (Å²) in [6.07, 6.45) is 3.90. The summed E-state index contributed by atoms with van der Waals surface area (Å²) in [6.45, 7) is 0. The van der Waals surface area contributed by atoms with E-state index < -0.39 is 5.82 Å². The molecule has 9 heteroatoms. The summed E-state index contributed by atoms with van der Waals surface area (Å²) < 4.78 is 16.9. The third-order valence-electron chi connectivity index (χ3n) is 5.49. The topological polar surface area (TPSA) is 64.0 Å². The van der Waals surface area contributed by atoms with Crippen LogP contribution in [0.1, 0.15) is 23.3 Å². The van der Waals surface area contributed by atoms with E-state index in [1.807, 2.05) is 12.1 Å². The fraction of sp³-hybridized carbons (Fsp3) is 0.208. The molecule has 1 aliphatic carbocycles. The van der Waals surface area contributed by atoms with Crippen LogP contribution in [0.2, 0.25) is 0 Å². The fourth-order valence-electron chi connectivity index (χ4n) is 4.02. The van der Waals surface area contributed by atoms with Gasteiger partial charge in [0.25, 0.3) is 5.56 Å². The lowest BCUT2D eigenvalue weighted by Gasteiger charge is -2.14. The minimum absolute atomic E-state index is 0.0317. The summed E-state index contributed by atoms with van der Waals surface area (Å²) in [5.74, 6) is -0.715. The van der Waals surface area contributed by atoms with E-state index in [0.29, 0.717) is 21.1 Å². The number of hydrogen-bond acceptors (Lipinski definition) is 5. The number of amides is 1. The standard InChI is InChI=1S/C24H19BrFN3O2S2/c25-14-6-5-7-15(12-14)27-20(30)13-32-24-28-22-21(16-8-1-4-11-19(16)33-22)23(31)29(24)18-10-3-2-9-17(18)26/h2-3,5-7,9-10,12H,1,4,8,11,13H2,(H,27,30). The number of hydrogen-bond donors (Lipinski definition) is 1. The molecule has 168 valence electrons. The van der Waals surface area contributed by atoms with Crippen LogP contribution in [0.4, 0.5) is 10.1 Å². The molecule has 0 unspecified atom stereocenters. The SMILES string of the molecule is O=C(CSc1nc2sc3c(c2c(=O)n1-c1ccccc1F)CCCC3)Nc1cccc(Br)c1. The van der Waals surface area contributed by atoms with E-state index in [9.17, 15) is 14.0 Å². The second-order valence-electron chi connectivity index (χ2n) is 7.72. The number of carbonyl (C=O) groups excluding carboxylic acids is 1. The number of rotatable bonds is 5. The van der Waals surface area contributed by atoms with Crippen LogP contribution in [0.3, 0.4) is 0 Å². The molecule has 0 saturated heterocycles. The molecule has 1 amide bonds. The quantitative estimate of drug-likeness (QED) is 0.249. The summed E-state index contributed by atoms with van der Waals surface area (Å²) in [4.78, 5) is 32.8. The summed E-state index contributed by atoms with van der Waals surface area (Å²) >= 11 is 6.05. The van der Waals surface area contributed by atoms with Gasteiger partial charge in [-0.25, -0.2) is 9.37 Å². The molecular formula is C24H19BrFN3O2S2. The van der Waals surface area contributed by atoms with Crippen LogP contribution >= 0.6 is 39.0 Å². The van der Waals surface area contributed by atoms with E-state index in [4.69, 9.17) is 4.98 Å². The molecule has 0 saturated carbocycles. The number of nitrogens with one attached hydrogen (secondary N) is 1. The number of benzene rings is 2. The summed E-state index contributed by atoms with van der Waals surface area (Å²) in [7, 11) is 0. The highest BCUT2D eigenvalue weighted by Crippen LogP contribution is 2.35. The minimum Gasteiger partial charge on any atom is -0.325 e. The van der Waals surface area contributed by atoms with Gasteiger partial charge in [-0.05, 0) is 61.6 Å². The zero-order valence-electron chi connectivity index (χ0n) is 17.4. The summed E-state index contributed by atoms with van der Waals surface area (Å²) in [5.41, 5.74) is 1.57. The Balaban J connectivity index is 1.54. The Morgan fingerprint density at radius 1 is 1.18 bits per heavy atom. The fourth-order valence-corrected chi connectivity index (χ4v) is 6.53. The molecule has 0 bridgehead atoms. The predicted octanol–water partition coefficient (Wildman–Crippen LogP) is 5.96. The number of fused-ring (bicyclic) bond motifs is 3. The van der Waals surface area contributed by atoms with E-state index in [1.165, 1.54) is 26.8 Å². The zero-order chi connectivity index (χ0) is 22.9. The lowest BCUT2D eigenvalue weighted by atomic mass is 9.97. The molecule has 1 N–H and O–H groups in total. The molecule has 2 aromatic carbocycles. The van der Waals surface area contributed by atoms with Crippen LogP contribution in [-0.2, 0) is 17.6 Å². The van der Waals surface area contributed by atoms with Crippen molar-refractivity contribution in [2.24, 2.45) is 0 Å². The van der Waals surface area contributed by atoms with E-state index in [0.717, 1.165) is 47.5 Å². The van der Waals surface area contributed by atoms with Crippen molar-refractivity contribution in [3.05, 3.63) is 79.6 Å². The largest absolute Gasteiger partial charge is 0.325 e. The van der Waals surface area contributed by atoms with Gasteiger partial charge in [-0.3, -0.25) is 14.2 Å². The van der Waals surface area contributed by atoms with Crippen molar-refractivity contribution in [1.29, 1.82) is 0 Å². The van der Waals surface area contributed by atoms with Gasteiger partial charge in [0, 0.05) is 15.0 Å². The van der Waals surface area contributed by atoms with Crippen molar-refractivity contribution in [2.45, 2.75) is 30.8 Å². The number of halogens is 2. The first-order valence-electron chi connectivity index (χ1n) is 10.5. The molecule has 33 heavy (non-hydrogen) atoms. The summed E-state index contributed by atoms with van der Waals surface area (Å²) in [5, 5.41) is 3.73. The lowest BCUT2D eigenvalue weighted by Crippen LogP contribution is -2.24. The molecule has 5 rings (SSSR count). The van der Waals surface area contributed by atoms with Gasteiger partial charge in [0.1, 0.15) is 10.6 Å². The second kappa shape index (κ2) is 9.40. The average Bonchev–Trinajstić information content (AvgIpc) is 3.17. The highest BCUT2D eigenvalue weighted by atomic mass is 79.9. The molecule has 0 aliphatic heterocycles. The Morgan fingerprint density at radius 2 is 2.00 bits per heavy atom. The molecule has 5 nitrogen and oxygen atoms in total. The number of thioether (sulfide) groups is 1. The third-order valence-corrected chi connectivity index (χ3v) is 8.11. The van der Waals surface area contributed by atoms with Gasteiger partial charge in [0.05, 0.1) is 16.8 Å². The van der Waals surface area contributed by atoms with Crippen LogP contribution in [-0.4, -0.2) is 21.2 Å². The Labute approximate surface area is 206 Å². The molecule has 1 aliphatic rings. The van der Waals surface area contributed by atoms with Crippen molar-refractivity contribution < 1.29 is 9.18 Å². The van der Waals surface area contributed by atoms with Gasteiger partial charge in [-0.15, -0.1) is 11.3 Å². The Kier molecular flexibility index (Phi) is 6.36. The zero-order valence-corrected chi connectivity index (χ0v) is 20.7. The first-order valence-corrected chi connectivity index (χ1v) is 13.1. The first-order chi connectivity index (χ1) is 16.0. The Hall–Kier alpha value is -2.49. The van der Waals surface area contributed by atoms with Gasteiger partial charge in [0.15, 0.2) is 5.16 Å². The third kappa shape index (κ3) is 4.49. The smallest absolute Gasteiger partial charge is 0.267 e. The number of anilines is 1. The van der Waals surface area contributed by atoms with Gasteiger partial charge in [-0.1, -0.05) is 45.9 Å². The van der Waals surface area contributed by atoms with Crippen molar-refractivity contribution in [3.8, 4) is 5.69 Å². The molecule has 0 atom stereocenters. The number of nitrogens with zero attached hydrogens (tertiary/aromatic N) is 2. The molecule has 0 spiro atoms. The van der Waals surface area contributed by atoms with Crippen molar-refractivity contribution >= 4 is 60.8 Å². The number of aromatic nitrogens is 2. The van der Waals surface area contributed by atoms with Crippen molar-refractivity contribution in [3.63, 3.8) is 0 Å². The van der Waals surface area contributed by atoms with E-state index in [-0.39, 0.29) is 22.9 Å². The molecule has 0 fully saturated rings. The molecule has 4 aromatic rings. The molecule has 0 radical (unpaired) electrons. The van der Waals surface area contributed by atoms with Crippen molar-refractivity contribution in [1.82, 2.24) is 9.55 Å². The normalized spacial score (nSPS) is 13.2. The van der Waals surface area contributed by atoms with Crippen LogP contribution in [0.15, 0.2) is 63.0 Å². The van der Waals surface area contributed by atoms with Gasteiger partial charge in [-0.2, -0.15) is 0 Å². The number of aryl methyl sites for hydroxylation is 2. The van der Waals surface area contributed by atoms with Gasteiger partial charge < -0.3 is 5.32 Å². The molecule has 2 heterocycles. The van der Waals surface area contributed by atoms with E-state index in [1.54, 1.807) is 30.3 Å². The van der Waals surface area contributed by atoms with Crippen LogP contribution in [0.25, 0.3) is 15.9 Å². The Morgan fingerprint density at radius 3 is 2.82 bits per heavy atom. The maximum absolute atomic E-state index is 14.7. The van der Waals surface area contributed by atoms with E-state index in [2.05, 4.69) is 21.2 Å². The second-order valence-corrected chi connectivity index (χ2v) is 10.7. The monoisotopic (exact) mass is 543 g/mol. The van der Waals surface area contributed by atoms with Gasteiger partial charge >= 0.3 is 0 Å². The highest BCUT2D eigenvalue weighted by molar-refractivity contribution is 9.10. The van der Waals surface area contributed by atoms with Crippen molar-refractivity contribution in [2.75, 3.05) is 11.1 Å². The van der Waals surface area contributed by atoms with Crippen LogP contribution in [0, 0.1) is 5.82 Å². The van der Waals surface area contributed by atoms with Gasteiger partial charge in [0.2, 0.25) is 5.91 Å². The maximum atomic E-state index is 14.7. The van der Waals surface area contributed by atoms with Crippen LogP contribution in [0.5, 0.6) is 0 Å². The average molecular weight is 544 g/mol. The Bertz CT molecular complexity index is 1430. The highest BCUT2D eigenvalue weighted by Gasteiger charge is 2.24. The minimum atomic E-state index is -0.509. The number of thiophene rings is 1. The van der Waals surface area contributed by atoms with Crippen LogP contribution < -0.4 is 10.9 Å². The summed E-state index contributed by atoms with van der Waals surface area (Å²) in [6, 6.07) is 13.5. The predicted molar refractivity (Wildman–Crippen MR) is 135 cm³/mol. The number of carbonyl (C=O) groups is 1. The molecule has 2 aromatic heterocycles. The lowest BCUT2D eigenvalue weighted by molar-refractivity contribution is -0.113. The number of para-hydroxylation sites is 1.